The molecule has 0 unspecified atom stereocenters. The molecule has 2 aromatic heterocycles. The maximum Gasteiger partial charge on any atom is 0.236 e. The molecular formula is C19H20FN5OS. The number of piperazine rings is 1. The third kappa shape index (κ3) is 4.11. The Bertz CT molecular complexity index is 899. The second-order valence-electron chi connectivity index (χ2n) is 6.25. The fourth-order valence-corrected chi connectivity index (χ4v) is 3.66. The van der Waals surface area contributed by atoms with Gasteiger partial charge >= 0.3 is 0 Å². The quantitative estimate of drug-likeness (QED) is 0.552. The number of aliphatic imine (C=N–C) groups is 1. The molecule has 140 valence electrons. The van der Waals surface area contributed by atoms with Crippen LogP contribution in [-0.2, 0) is 6.54 Å². The molecule has 0 bridgehead atoms. The van der Waals surface area contributed by atoms with Gasteiger partial charge in [-0.3, -0.25) is 0 Å². The summed E-state index contributed by atoms with van der Waals surface area (Å²) in [6.45, 7) is 3.56. The van der Waals surface area contributed by atoms with Crippen molar-refractivity contribution in [2.24, 2.45) is 10.7 Å². The number of oxazole rings is 1. The molecule has 2 N–H and O–H groups in total. The molecule has 8 heteroatoms. The van der Waals surface area contributed by atoms with Crippen LogP contribution in [-0.4, -0.2) is 42.0 Å². The second kappa shape index (κ2) is 7.79. The van der Waals surface area contributed by atoms with Gasteiger partial charge in [0.05, 0.1) is 11.4 Å². The smallest absolute Gasteiger partial charge is 0.236 e. The van der Waals surface area contributed by atoms with Gasteiger partial charge in [0, 0.05) is 31.9 Å². The first-order valence-corrected chi connectivity index (χ1v) is 9.61. The number of thiophene rings is 1. The monoisotopic (exact) mass is 385 g/mol. The van der Waals surface area contributed by atoms with E-state index in [2.05, 4.69) is 19.8 Å². The van der Waals surface area contributed by atoms with E-state index >= 15 is 0 Å². The van der Waals surface area contributed by atoms with E-state index in [-0.39, 0.29) is 5.82 Å². The average molecular weight is 385 g/mol. The maximum atomic E-state index is 13.1. The summed E-state index contributed by atoms with van der Waals surface area (Å²) in [7, 11) is 0. The fourth-order valence-electron chi connectivity index (χ4n) is 3.00. The standard InChI is InChI=1S/C19H20FN5OS/c20-14-3-5-16(6-4-14)24-7-9-25(10-8-24)19(21)22-12-15-13-26-18(23-15)17-2-1-11-27-17/h1-6,11,13H,7-10,12H2,(H2,21,22). The molecule has 1 aromatic carbocycles. The highest BCUT2D eigenvalue weighted by Crippen LogP contribution is 2.23. The minimum atomic E-state index is -0.219. The molecule has 4 rings (SSSR count). The van der Waals surface area contributed by atoms with Crippen molar-refractivity contribution in [1.29, 1.82) is 0 Å². The summed E-state index contributed by atoms with van der Waals surface area (Å²) in [5.41, 5.74) is 7.93. The lowest BCUT2D eigenvalue weighted by Gasteiger charge is -2.36. The third-order valence-corrected chi connectivity index (χ3v) is 5.34. The van der Waals surface area contributed by atoms with Crippen molar-refractivity contribution >= 4 is 23.0 Å². The van der Waals surface area contributed by atoms with Crippen LogP contribution in [0, 0.1) is 5.82 Å². The molecule has 0 amide bonds. The van der Waals surface area contributed by atoms with Crippen molar-refractivity contribution in [3.8, 4) is 10.8 Å². The molecule has 1 aliphatic rings. The largest absolute Gasteiger partial charge is 0.443 e. The van der Waals surface area contributed by atoms with Crippen LogP contribution in [0.25, 0.3) is 10.8 Å². The van der Waals surface area contributed by atoms with Gasteiger partial charge in [-0.25, -0.2) is 14.4 Å². The predicted molar refractivity (Wildman–Crippen MR) is 105 cm³/mol. The number of halogens is 1. The Hall–Kier alpha value is -2.87. The molecule has 3 aromatic rings. The van der Waals surface area contributed by atoms with Crippen molar-refractivity contribution in [2.75, 3.05) is 31.1 Å². The van der Waals surface area contributed by atoms with Gasteiger partial charge in [0.2, 0.25) is 5.89 Å². The van der Waals surface area contributed by atoms with Crippen LogP contribution >= 0.6 is 11.3 Å². The zero-order valence-corrected chi connectivity index (χ0v) is 15.5. The molecule has 0 saturated carbocycles. The van der Waals surface area contributed by atoms with E-state index in [1.807, 2.05) is 17.5 Å². The number of benzene rings is 1. The Kier molecular flexibility index (Phi) is 5.06. The maximum absolute atomic E-state index is 13.1. The van der Waals surface area contributed by atoms with Gasteiger partial charge in [-0.05, 0) is 35.7 Å². The molecule has 1 fully saturated rings. The van der Waals surface area contributed by atoms with Crippen molar-refractivity contribution < 1.29 is 8.81 Å². The van der Waals surface area contributed by atoms with Crippen LogP contribution in [0.4, 0.5) is 10.1 Å². The number of anilines is 1. The van der Waals surface area contributed by atoms with Gasteiger partial charge in [0.1, 0.15) is 17.8 Å². The topological polar surface area (TPSA) is 70.9 Å². The normalized spacial score (nSPS) is 15.4. The molecule has 1 aliphatic heterocycles. The molecule has 6 nitrogen and oxygen atoms in total. The Morgan fingerprint density at radius 3 is 2.67 bits per heavy atom. The number of nitrogens with zero attached hydrogens (tertiary/aromatic N) is 4. The Morgan fingerprint density at radius 2 is 1.96 bits per heavy atom. The summed E-state index contributed by atoms with van der Waals surface area (Å²) < 4.78 is 18.6. The first-order valence-electron chi connectivity index (χ1n) is 8.73. The van der Waals surface area contributed by atoms with E-state index in [4.69, 9.17) is 10.2 Å². The summed E-state index contributed by atoms with van der Waals surface area (Å²) >= 11 is 1.59. The Balaban J connectivity index is 1.32. The second-order valence-corrected chi connectivity index (χ2v) is 7.19. The molecule has 0 radical (unpaired) electrons. The van der Waals surface area contributed by atoms with E-state index in [0.29, 0.717) is 18.4 Å². The molecule has 0 spiro atoms. The minimum absolute atomic E-state index is 0.219. The van der Waals surface area contributed by atoms with Crippen molar-refractivity contribution in [2.45, 2.75) is 6.54 Å². The van der Waals surface area contributed by atoms with E-state index in [9.17, 15) is 4.39 Å². The van der Waals surface area contributed by atoms with Crippen LogP contribution in [0.1, 0.15) is 5.69 Å². The average Bonchev–Trinajstić information content (AvgIpc) is 3.38. The number of hydrogen-bond acceptors (Lipinski definition) is 5. The van der Waals surface area contributed by atoms with Gasteiger partial charge < -0.3 is 20.0 Å². The Morgan fingerprint density at radius 1 is 1.19 bits per heavy atom. The number of guanidine groups is 1. The highest BCUT2D eigenvalue weighted by molar-refractivity contribution is 7.13. The van der Waals surface area contributed by atoms with Crippen LogP contribution in [0.2, 0.25) is 0 Å². The molecular weight excluding hydrogens is 365 g/mol. The van der Waals surface area contributed by atoms with Crippen molar-refractivity contribution in [1.82, 2.24) is 9.88 Å². The lowest BCUT2D eigenvalue weighted by molar-refractivity contribution is 0.380. The molecule has 0 atom stereocenters. The molecule has 3 heterocycles. The van der Waals surface area contributed by atoms with Gasteiger partial charge in [-0.15, -0.1) is 11.3 Å². The number of rotatable bonds is 4. The molecule has 0 aliphatic carbocycles. The van der Waals surface area contributed by atoms with E-state index in [1.54, 1.807) is 29.7 Å². The number of aromatic nitrogens is 1. The Labute approximate surface area is 160 Å². The summed E-state index contributed by atoms with van der Waals surface area (Å²) in [5.74, 6) is 0.903. The van der Waals surface area contributed by atoms with Gasteiger partial charge in [-0.1, -0.05) is 6.07 Å². The number of hydrogen-bond donors (Lipinski definition) is 1. The first-order chi connectivity index (χ1) is 13.2. The highest BCUT2D eigenvalue weighted by Gasteiger charge is 2.18. The fraction of sp³-hybridized carbons (Fsp3) is 0.263. The zero-order chi connectivity index (χ0) is 18.6. The highest BCUT2D eigenvalue weighted by atomic mass is 32.1. The van der Waals surface area contributed by atoms with Crippen LogP contribution in [0.5, 0.6) is 0 Å². The number of nitrogens with two attached hydrogens (primary N) is 1. The third-order valence-electron chi connectivity index (χ3n) is 4.48. The summed E-state index contributed by atoms with van der Waals surface area (Å²) in [5, 5.41) is 1.99. The lowest BCUT2D eigenvalue weighted by atomic mass is 10.2. The summed E-state index contributed by atoms with van der Waals surface area (Å²) in [6, 6.07) is 10.5. The van der Waals surface area contributed by atoms with Gasteiger partial charge in [-0.2, -0.15) is 0 Å². The summed E-state index contributed by atoms with van der Waals surface area (Å²) in [6.07, 6.45) is 1.62. The lowest BCUT2D eigenvalue weighted by Crippen LogP contribution is -2.51. The van der Waals surface area contributed by atoms with Gasteiger partial charge in [0.15, 0.2) is 5.96 Å². The van der Waals surface area contributed by atoms with E-state index in [0.717, 1.165) is 42.4 Å². The van der Waals surface area contributed by atoms with Crippen LogP contribution in [0.15, 0.2) is 57.5 Å². The van der Waals surface area contributed by atoms with Crippen LogP contribution in [0.3, 0.4) is 0 Å². The van der Waals surface area contributed by atoms with Crippen molar-refractivity contribution in [3.63, 3.8) is 0 Å². The van der Waals surface area contributed by atoms with E-state index < -0.39 is 0 Å². The van der Waals surface area contributed by atoms with E-state index in [1.165, 1.54) is 12.1 Å². The molecule has 27 heavy (non-hydrogen) atoms. The van der Waals surface area contributed by atoms with Gasteiger partial charge in [0.25, 0.3) is 0 Å². The first kappa shape index (κ1) is 17.5. The SMILES string of the molecule is NC(=NCc1coc(-c2cccs2)n1)N1CCN(c2ccc(F)cc2)CC1. The van der Waals surface area contributed by atoms with Crippen molar-refractivity contribution in [3.05, 3.63) is 59.6 Å². The molecule has 1 saturated heterocycles. The minimum Gasteiger partial charge on any atom is -0.443 e. The van der Waals surface area contributed by atoms with Crippen LogP contribution < -0.4 is 10.6 Å². The zero-order valence-electron chi connectivity index (χ0n) is 14.7. The summed E-state index contributed by atoms with van der Waals surface area (Å²) in [4.78, 5) is 14.2. The predicted octanol–water partition coefficient (Wildman–Crippen LogP) is 3.18.